The summed E-state index contributed by atoms with van der Waals surface area (Å²) in [5.74, 6) is 0.679. The molecular weight excluding hydrogens is 352 g/mol. The Balaban J connectivity index is 1.41. The molecule has 2 amide bonds. The summed E-state index contributed by atoms with van der Waals surface area (Å²) in [6.07, 6.45) is 3.86. The third-order valence-corrected chi connectivity index (χ3v) is 6.46. The smallest absolute Gasteiger partial charge is 0.259 e. The Bertz CT molecular complexity index is 924. The minimum atomic E-state index is -0.0769. The van der Waals surface area contributed by atoms with Crippen molar-refractivity contribution < 1.29 is 9.59 Å². The highest BCUT2D eigenvalue weighted by Gasteiger charge is 2.23. The van der Waals surface area contributed by atoms with Crippen LogP contribution in [0.5, 0.6) is 0 Å². The van der Waals surface area contributed by atoms with E-state index in [9.17, 15) is 14.4 Å². The van der Waals surface area contributed by atoms with Crippen LogP contribution in [0.4, 0.5) is 0 Å². The van der Waals surface area contributed by atoms with Gasteiger partial charge in [0.05, 0.1) is 5.39 Å². The zero-order chi connectivity index (χ0) is 18.3. The number of carbonyl (C=O) groups excluding carboxylic acids is 2. The summed E-state index contributed by atoms with van der Waals surface area (Å²) in [6.45, 7) is 3.86. The van der Waals surface area contributed by atoms with Crippen molar-refractivity contribution in [2.45, 2.75) is 39.0 Å². The molecule has 0 aromatic carbocycles. The number of thiophene rings is 1. The average Bonchev–Trinajstić information content (AvgIpc) is 3.20. The van der Waals surface area contributed by atoms with E-state index in [4.69, 9.17) is 0 Å². The molecule has 138 valence electrons. The third-order valence-electron chi connectivity index (χ3n) is 5.28. The van der Waals surface area contributed by atoms with E-state index in [1.165, 1.54) is 10.4 Å². The summed E-state index contributed by atoms with van der Waals surface area (Å²) in [5.41, 5.74) is 1.09. The summed E-state index contributed by atoms with van der Waals surface area (Å²) >= 11 is 1.62. The minimum Gasteiger partial charge on any atom is -0.339 e. The van der Waals surface area contributed by atoms with Gasteiger partial charge in [0.25, 0.3) is 5.56 Å². The molecule has 0 radical (unpaired) electrons. The van der Waals surface area contributed by atoms with Crippen LogP contribution in [0.25, 0.3) is 10.2 Å². The quantitative estimate of drug-likeness (QED) is 0.872. The number of fused-ring (bicyclic) bond motifs is 3. The highest BCUT2D eigenvalue weighted by atomic mass is 32.1. The zero-order valence-electron chi connectivity index (χ0n) is 14.8. The Morgan fingerprint density at radius 2 is 1.88 bits per heavy atom. The largest absolute Gasteiger partial charge is 0.339 e. The van der Waals surface area contributed by atoms with Crippen LogP contribution in [0, 0.1) is 0 Å². The number of piperazine rings is 1. The number of rotatable bonds is 3. The van der Waals surface area contributed by atoms with Crippen LogP contribution < -0.4 is 5.56 Å². The van der Waals surface area contributed by atoms with Crippen LogP contribution >= 0.6 is 11.3 Å². The molecule has 2 aromatic heterocycles. The molecule has 0 atom stereocenters. The van der Waals surface area contributed by atoms with Crippen molar-refractivity contribution in [2.75, 3.05) is 26.2 Å². The Hall–Kier alpha value is -2.22. The fourth-order valence-electron chi connectivity index (χ4n) is 3.82. The third kappa shape index (κ3) is 3.13. The lowest BCUT2D eigenvalue weighted by molar-refractivity contribution is -0.138. The van der Waals surface area contributed by atoms with Crippen molar-refractivity contribution >= 4 is 33.4 Å². The highest BCUT2D eigenvalue weighted by Crippen LogP contribution is 2.34. The predicted molar refractivity (Wildman–Crippen MR) is 99.4 cm³/mol. The number of hydrogen-bond acceptors (Lipinski definition) is 5. The number of nitrogens with one attached hydrogen (secondary N) is 1. The first-order valence-corrected chi connectivity index (χ1v) is 9.91. The Kier molecular flexibility index (Phi) is 4.52. The molecule has 4 rings (SSSR count). The van der Waals surface area contributed by atoms with E-state index in [1.807, 2.05) is 0 Å². The molecule has 0 saturated carbocycles. The molecule has 0 spiro atoms. The molecule has 7 nitrogen and oxygen atoms in total. The van der Waals surface area contributed by atoms with Crippen LogP contribution in [-0.2, 0) is 28.9 Å². The predicted octanol–water partition coefficient (Wildman–Crippen LogP) is 1.10. The first-order valence-electron chi connectivity index (χ1n) is 9.09. The monoisotopic (exact) mass is 374 g/mol. The summed E-state index contributed by atoms with van der Waals surface area (Å²) in [5, 5.41) is 0.748. The standard InChI is InChI=1S/C18H22N4O3S/c1-11(23)21-7-9-22(10-8-21)15(24)6-5-14-19-17(25)16-12-3-2-4-13(12)26-18(16)20-14/h2-10H2,1H3,(H,19,20,25). The van der Waals surface area contributed by atoms with Crippen molar-refractivity contribution in [3.05, 3.63) is 26.6 Å². The Morgan fingerprint density at radius 3 is 2.62 bits per heavy atom. The fourth-order valence-corrected chi connectivity index (χ4v) is 5.10. The van der Waals surface area contributed by atoms with Gasteiger partial charge in [-0.05, 0) is 24.8 Å². The minimum absolute atomic E-state index is 0.0459. The number of hydrogen-bond donors (Lipinski definition) is 1. The molecule has 1 fully saturated rings. The van der Waals surface area contributed by atoms with Gasteiger partial charge in [-0.3, -0.25) is 14.4 Å². The molecule has 1 saturated heterocycles. The van der Waals surface area contributed by atoms with Crippen LogP contribution in [0.1, 0.15) is 36.0 Å². The lowest BCUT2D eigenvalue weighted by Crippen LogP contribution is -2.50. The van der Waals surface area contributed by atoms with Gasteiger partial charge >= 0.3 is 0 Å². The van der Waals surface area contributed by atoms with Gasteiger partial charge < -0.3 is 14.8 Å². The number of aromatic nitrogens is 2. The van der Waals surface area contributed by atoms with Gasteiger partial charge in [0, 0.05) is 50.8 Å². The van der Waals surface area contributed by atoms with E-state index in [1.54, 1.807) is 28.1 Å². The van der Waals surface area contributed by atoms with E-state index in [2.05, 4.69) is 9.97 Å². The number of aromatic amines is 1. The second-order valence-corrected chi connectivity index (χ2v) is 8.02. The SMILES string of the molecule is CC(=O)N1CCN(C(=O)CCc2nc3sc4c(c3c(=O)[nH]2)CCC4)CC1. The van der Waals surface area contributed by atoms with E-state index >= 15 is 0 Å². The van der Waals surface area contributed by atoms with Gasteiger partial charge in [-0.2, -0.15) is 0 Å². The second kappa shape index (κ2) is 6.83. The zero-order valence-corrected chi connectivity index (χ0v) is 15.7. The molecule has 2 aromatic rings. The number of amides is 2. The molecule has 3 heterocycles. The van der Waals surface area contributed by atoms with Crippen molar-refractivity contribution in [1.29, 1.82) is 0 Å². The summed E-state index contributed by atoms with van der Waals surface area (Å²) in [4.78, 5) is 49.3. The number of aryl methyl sites for hydroxylation is 3. The lowest BCUT2D eigenvalue weighted by Gasteiger charge is -2.34. The molecule has 1 aliphatic heterocycles. The highest BCUT2D eigenvalue weighted by molar-refractivity contribution is 7.18. The van der Waals surface area contributed by atoms with Crippen molar-refractivity contribution in [3.8, 4) is 0 Å². The average molecular weight is 374 g/mol. The van der Waals surface area contributed by atoms with Gasteiger partial charge in [0.2, 0.25) is 11.8 Å². The maximum absolute atomic E-state index is 12.4. The van der Waals surface area contributed by atoms with E-state index < -0.39 is 0 Å². The molecular formula is C18H22N4O3S. The number of carbonyl (C=O) groups is 2. The number of nitrogens with zero attached hydrogens (tertiary/aromatic N) is 3. The second-order valence-electron chi connectivity index (χ2n) is 6.94. The van der Waals surface area contributed by atoms with E-state index in [0.717, 1.165) is 29.5 Å². The van der Waals surface area contributed by atoms with Crippen LogP contribution in [0.15, 0.2) is 4.79 Å². The molecule has 26 heavy (non-hydrogen) atoms. The maximum atomic E-state index is 12.4. The molecule has 1 aliphatic carbocycles. The molecule has 0 unspecified atom stereocenters. The van der Waals surface area contributed by atoms with Crippen LogP contribution in [-0.4, -0.2) is 57.8 Å². The maximum Gasteiger partial charge on any atom is 0.259 e. The molecule has 0 bridgehead atoms. The number of H-pyrrole nitrogens is 1. The van der Waals surface area contributed by atoms with E-state index in [-0.39, 0.29) is 17.4 Å². The van der Waals surface area contributed by atoms with Gasteiger partial charge in [-0.15, -0.1) is 11.3 Å². The van der Waals surface area contributed by atoms with Gasteiger partial charge in [0.1, 0.15) is 10.7 Å². The lowest BCUT2D eigenvalue weighted by atomic mass is 10.2. The summed E-state index contributed by atoms with van der Waals surface area (Å²) in [7, 11) is 0. The first-order chi connectivity index (χ1) is 12.5. The molecule has 8 heteroatoms. The normalized spacial score (nSPS) is 17.0. The molecule has 1 N–H and O–H groups in total. The van der Waals surface area contributed by atoms with Crippen molar-refractivity contribution in [3.63, 3.8) is 0 Å². The van der Waals surface area contributed by atoms with Gasteiger partial charge in [-0.25, -0.2) is 4.98 Å². The van der Waals surface area contributed by atoms with Gasteiger partial charge in [0.15, 0.2) is 0 Å². The summed E-state index contributed by atoms with van der Waals surface area (Å²) < 4.78 is 0. The van der Waals surface area contributed by atoms with Crippen LogP contribution in [0.3, 0.4) is 0 Å². The summed E-state index contributed by atoms with van der Waals surface area (Å²) in [6, 6.07) is 0. The first kappa shape index (κ1) is 17.2. The van der Waals surface area contributed by atoms with Crippen molar-refractivity contribution in [2.24, 2.45) is 0 Å². The van der Waals surface area contributed by atoms with Crippen molar-refractivity contribution in [1.82, 2.24) is 19.8 Å². The topological polar surface area (TPSA) is 86.4 Å². The molecule has 2 aliphatic rings. The van der Waals surface area contributed by atoms with E-state index in [0.29, 0.717) is 44.8 Å². The van der Waals surface area contributed by atoms with Gasteiger partial charge in [-0.1, -0.05) is 0 Å². The Morgan fingerprint density at radius 1 is 1.15 bits per heavy atom. The fraction of sp³-hybridized carbons (Fsp3) is 0.556. The Labute approximate surface area is 155 Å². The van der Waals surface area contributed by atoms with Crippen LogP contribution in [0.2, 0.25) is 0 Å².